The van der Waals surface area contributed by atoms with Crippen LogP contribution < -0.4 is 9.46 Å². The number of fused-ring (bicyclic) bond motifs is 1. The van der Waals surface area contributed by atoms with Crippen LogP contribution in [0.1, 0.15) is 36.9 Å². The molecule has 1 N–H and O–H groups in total. The average molecular weight is 470 g/mol. The van der Waals surface area contributed by atoms with Gasteiger partial charge in [0.2, 0.25) is 10.0 Å². The minimum atomic E-state index is -3.47. The van der Waals surface area contributed by atoms with Crippen LogP contribution in [0.15, 0.2) is 42.1 Å². The molecule has 1 heterocycles. The molecule has 1 aliphatic rings. The molecule has 0 spiro atoms. The van der Waals surface area contributed by atoms with E-state index in [0.29, 0.717) is 41.5 Å². The van der Waals surface area contributed by atoms with Crippen LogP contribution in [0.3, 0.4) is 0 Å². The van der Waals surface area contributed by atoms with E-state index in [1.54, 1.807) is 18.2 Å². The Labute approximate surface area is 184 Å². The second-order valence-corrected chi connectivity index (χ2v) is 9.22. The molecule has 6 nitrogen and oxygen atoms in total. The van der Waals surface area contributed by atoms with Crippen molar-refractivity contribution in [1.82, 2.24) is 9.29 Å². The van der Waals surface area contributed by atoms with Gasteiger partial charge in [-0.15, -0.1) is 11.6 Å². The van der Waals surface area contributed by atoms with Gasteiger partial charge in [0, 0.05) is 41.2 Å². The summed E-state index contributed by atoms with van der Waals surface area (Å²) in [6, 6.07) is 6.77. The van der Waals surface area contributed by atoms with Gasteiger partial charge in [-0.3, -0.25) is 4.72 Å². The molecule has 1 aliphatic carbocycles. The topological polar surface area (TPSA) is 84.1 Å². The molecule has 1 unspecified atom stereocenters. The molecular formula is C21H22ClF2N3O3S. The number of hydrogen-bond donors (Lipinski definition) is 1. The molecule has 1 atom stereocenters. The number of nitrogens with one attached hydrogen (secondary N) is 1. The van der Waals surface area contributed by atoms with E-state index < -0.39 is 16.6 Å². The molecule has 3 rings (SSSR count). The van der Waals surface area contributed by atoms with E-state index in [0.717, 1.165) is 5.69 Å². The van der Waals surface area contributed by atoms with Crippen molar-refractivity contribution in [3.05, 3.63) is 53.4 Å². The van der Waals surface area contributed by atoms with Crippen LogP contribution >= 0.6 is 11.6 Å². The number of alkyl halides is 3. The molecule has 0 aliphatic heterocycles. The third kappa shape index (κ3) is 5.20. The van der Waals surface area contributed by atoms with E-state index in [9.17, 15) is 22.5 Å². The third-order valence-electron chi connectivity index (χ3n) is 5.00. The number of halogens is 3. The van der Waals surface area contributed by atoms with Crippen molar-refractivity contribution in [2.75, 3.05) is 11.6 Å². The molecule has 2 aromatic rings. The molecule has 0 saturated carbocycles. The van der Waals surface area contributed by atoms with Gasteiger partial charge >= 0.3 is 6.61 Å². The molecular weight excluding hydrogens is 448 g/mol. The Hall–Kier alpha value is -2.57. The van der Waals surface area contributed by atoms with Crippen molar-refractivity contribution in [2.24, 2.45) is 0 Å². The van der Waals surface area contributed by atoms with Gasteiger partial charge in [-0.25, -0.2) is 8.42 Å². The first-order valence-corrected chi connectivity index (χ1v) is 11.9. The molecule has 1 aromatic heterocycles. The lowest BCUT2D eigenvalue weighted by molar-refractivity contribution is -0.0497. The van der Waals surface area contributed by atoms with Crippen LogP contribution in [-0.2, 0) is 16.6 Å². The van der Waals surface area contributed by atoms with Gasteiger partial charge in [-0.05, 0) is 38.0 Å². The summed E-state index contributed by atoms with van der Waals surface area (Å²) in [4.78, 5) is 0. The van der Waals surface area contributed by atoms with Gasteiger partial charge in [0.05, 0.1) is 16.8 Å². The summed E-state index contributed by atoms with van der Waals surface area (Å²) in [6.07, 6.45) is 6.13. The highest BCUT2D eigenvalue weighted by Crippen LogP contribution is 2.37. The standard InChI is InChI=1S/C21H22ClF2N3O3S/c1-2-27-19-12-16(30-21(23)24)8-9-17(19)18(13-25)20(27)14-4-6-15(7-5-14)26-31(28,29)11-3-10-22/h4,6-9,12,14,21,26H,2-3,5,10-11H2,1H3. The number of benzene rings is 1. The fourth-order valence-corrected chi connectivity index (χ4v) is 5.17. The van der Waals surface area contributed by atoms with Crippen LogP contribution in [-0.4, -0.2) is 31.2 Å². The number of aryl methyl sites for hydroxylation is 1. The molecule has 10 heteroatoms. The van der Waals surface area contributed by atoms with Gasteiger partial charge in [-0.2, -0.15) is 14.0 Å². The van der Waals surface area contributed by atoms with Crippen LogP contribution in [0.4, 0.5) is 8.78 Å². The summed E-state index contributed by atoms with van der Waals surface area (Å²) in [5.74, 6) is 0.0630. The maximum atomic E-state index is 12.6. The molecule has 166 valence electrons. The fourth-order valence-electron chi connectivity index (χ4n) is 3.74. The lowest BCUT2D eigenvalue weighted by Crippen LogP contribution is -2.26. The molecule has 0 fully saturated rings. The Balaban J connectivity index is 1.92. The lowest BCUT2D eigenvalue weighted by Gasteiger charge is -2.20. The maximum Gasteiger partial charge on any atom is 0.387 e. The fraction of sp³-hybridized carbons (Fsp3) is 0.381. The Kier molecular flexibility index (Phi) is 7.23. The zero-order valence-electron chi connectivity index (χ0n) is 16.8. The lowest BCUT2D eigenvalue weighted by atomic mass is 9.93. The van der Waals surface area contributed by atoms with E-state index >= 15 is 0 Å². The van der Waals surface area contributed by atoms with Crippen molar-refractivity contribution in [1.29, 1.82) is 5.26 Å². The zero-order chi connectivity index (χ0) is 22.6. The zero-order valence-corrected chi connectivity index (χ0v) is 18.4. The van der Waals surface area contributed by atoms with Crippen molar-refractivity contribution < 1.29 is 21.9 Å². The quantitative estimate of drug-likeness (QED) is 0.543. The number of rotatable bonds is 9. The third-order valence-corrected chi connectivity index (χ3v) is 6.64. The number of hydrogen-bond acceptors (Lipinski definition) is 4. The minimum Gasteiger partial charge on any atom is -0.435 e. The second-order valence-electron chi connectivity index (χ2n) is 7.00. The number of sulfonamides is 1. The summed E-state index contributed by atoms with van der Waals surface area (Å²) in [5.41, 5.74) is 2.33. The predicted molar refractivity (Wildman–Crippen MR) is 116 cm³/mol. The number of nitrogens with zero attached hydrogens (tertiary/aromatic N) is 2. The van der Waals surface area contributed by atoms with Gasteiger partial charge < -0.3 is 9.30 Å². The second kappa shape index (κ2) is 9.71. The Morgan fingerprint density at radius 3 is 2.77 bits per heavy atom. The monoisotopic (exact) mass is 469 g/mol. The SMILES string of the molecule is CCn1c(C2C=CC(NS(=O)(=O)CCCCl)=CC2)c(C#N)c2ccc(OC(F)F)cc21. The minimum absolute atomic E-state index is 0.0264. The van der Waals surface area contributed by atoms with Crippen molar-refractivity contribution in [3.63, 3.8) is 0 Å². The summed E-state index contributed by atoms with van der Waals surface area (Å²) in [5, 5.41) is 10.5. The predicted octanol–water partition coefficient (Wildman–Crippen LogP) is 4.61. The highest BCUT2D eigenvalue weighted by Gasteiger charge is 2.24. The van der Waals surface area contributed by atoms with Crippen molar-refractivity contribution in [2.45, 2.75) is 38.8 Å². The van der Waals surface area contributed by atoms with Crippen LogP contribution in [0.5, 0.6) is 5.75 Å². The average Bonchev–Trinajstić information content (AvgIpc) is 3.04. The first kappa shape index (κ1) is 23.1. The number of nitriles is 1. The normalized spacial score (nSPS) is 16.4. The first-order chi connectivity index (χ1) is 14.8. The van der Waals surface area contributed by atoms with E-state index in [1.165, 1.54) is 12.1 Å². The van der Waals surface area contributed by atoms with Gasteiger partial charge in [0.25, 0.3) is 0 Å². The number of ether oxygens (including phenoxy) is 1. The first-order valence-electron chi connectivity index (χ1n) is 9.75. The highest BCUT2D eigenvalue weighted by atomic mass is 35.5. The van der Waals surface area contributed by atoms with Gasteiger partial charge in [0.15, 0.2) is 0 Å². The van der Waals surface area contributed by atoms with Crippen LogP contribution in [0.2, 0.25) is 0 Å². The number of aromatic nitrogens is 1. The van der Waals surface area contributed by atoms with Crippen molar-refractivity contribution in [3.8, 4) is 11.8 Å². The summed E-state index contributed by atoms with van der Waals surface area (Å²) in [7, 11) is -3.47. The van der Waals surface area contributed by atoms with Gasteiger partial charge in [0.1, 0.15) is 11.8 Å². The van der Waals surface area contributed by atoms with E-state index in [4.69, 9.17) is 11.6 Å². The molecule has 31 heavy (non-hydrogen) atoms. The summed E-state index contributed by atoms with van der Waals surface area (Å²) in [6.45, 7) is -0.503. The highest BCUT2D eigenvalue weighted by molar-refractivity contribution is 7.89. The maximum absolute atomic E-state index is 12.6. The van der Waals surface area contributed by atoms with Crippen molar-refractivity contribution >= 4 is 32.5 Å². The molecule has 0 bridgehead atoms. The molecule has 0 radical (unpaired) electrons. The van der Waals surface area contributed by atoms with Crippen LogP contribution in [0.25, 0.3) is 10.9 Å². The van der Waals surface area contributed by atoms with E-state index in [2.05, 4.69) is 15.5 Å². The van der Waals surface area contributed by atoms with E-state index in [1.807, 2.05) is 17.6 Å². The van der Waals surface area contributed by atoms with E-state index in [-0.39, 0.29) is 23.3 Å². The summed E-state index contributed by atoms with van der Waals surface area (Å²) < 4.78 is 58.3. The molecule has 0 amide bonds. The van der Waals surface area contributed by atoms with Crippen LogP contribution in [0, 0.1) is 11.3 Å². The Bertz CT molecular complexity index is 1170. The number of allylic oxidation sites excluding steroid dienone is 3. The van der Waals surface area contributed by atoms with Gasteiger partial charge in [-0.1, -0.05) is 12.2 Å². The summed E-state index contributed by atoms with van der Waals surface area (Å²) >= 11 is 5.57. The largest absolute Gasteiger partial charge is 0.435 e. The molecule has 1 aromatic carbocycles. The smallest absolute Gasteiger partial charge is 0.387 e. The Morgan fingerprint density at radius 1 is 1.42 bits per heavy atom. The Morgan fingerprint density at radius 2 is 2.19 bits per heavy atom. The molecule has 0 saturated heterocycles.